The summed E-state index contributed by atoms with van der Waals surface area (Å²) in [7, 11) is 3.67. The maximum absolute atomic E-state index is 13.0. The zero-order valence-electron chi connectivity index (χ0n) is 15.4. The number of carbonyl (C=O) groups excluding carboxylic acids is 2. The molecule has 0 radical (unpaired) electrons. The highest BCUT2D eigenvalue weighted by Crippen LogP contribution is 2.26. The Bertz CT molecular complexity index is 598. The van der Waals surface area contributed by atoms with E-state index in [1.54, 1.807) is 11.9 Å². The number of carbonyl (C=O) groups is 2. The molecule has 0 aliphatic carbocycles. The van der Waals surface area contributed by atoms with Gasteiger partial charge in [0.2, 0.25) is 11.8 Å². The van der Waals surface area contributed by atoms with E-state index in [-0.39, 0.29) is 23.8 Å². The van der Waals surface area contributed by atoms with E-state index in [1.165, 1.54) is 24.8 Å². The minimum Gasteiger partial charge on any atom is -0.345 e. The lowest BCUT2D eigenvalue weighted by atomic mass is 10.0. The van der Waals surface area contributed by atoms with Gasteiger partial charge in [-0.15, -0.1) is 0 Å². The van der Waals surface area contributed by atoms with Gasteiger partial charge in [-0.1, -0.05) is 36.8 Å². The molecule has 1 aromatic carbocycles. The highest BCUT2D eigenvalue weighted by atomic mass is 16.2. The minimum absolute atomic E-state index is 0.0350. The van der Waals surface area contributed by atoms with E-state index in [9.17, 15) is 9.59 Å². The van der Waals surface area contributed by atoms with E-state index in [0.717, 1.165) is 19.6 Å². The molecule has 5 nitrogen and oxygen atoms in total. The van der Waals surface area contributed by atoms with Crippen molar-refractivity contribution in [2.75, 3.05) is 40.3 Å². The van der Waals surface area contributed by atoms with E-state index in [1.807, 2.05) is 30.1 Å². The van der Waals surface area contributed by atoms with Crippen LogP contribution >= 0.6 is 0 Å². The number of likely N-dealkylation sites (tertiary alicyclic amines) is 2. The van der Waals surface area contributed by atoms with Crippen LogP contribution in [0.5, 0.6) is 0 Å². The fourth-order valence-electron chi connectivity index (χ4n) is 3.98. The van der Waals surface area contributed by atoms with E-state index in [4.69, 9.17) is 0 Å². The van der Waals surface area contributed by atoms with Gasteiger partial charge in [0.05, 0.1) is 12.0 Å². The zero-order valence-corrected chi connectivity index (χ0v) is 15.4. The van der Waals surface area contributed by atoms with E-state index < -0.39 is 0 Å². The molecule has 2 aliphatic heterocycles. The molecule has 0 saturated carbocycles. The molecule has 136 valence electrons. The molecule has 0 N–H and O–H groups in total. The Morgan fingerprint density at radius 2 is 1.88 bits per heavy atom. The zero-order chi connectivity index (χ0) is 17.8. The number of likely N-dealkylation sites (N-methyl/N-ethyl adjacent to an activating group) is 1. The van der Waals surface area contributed by atoms with Gasteiger partial charge in [0.1, 0.15) is 0 Å². The molecule has 1 unspecified atom stereocenters. The van der Waals surface area contributed by atoms with Crippen LogP contribution in [0.25, 0.3) is 0 Å². The molecule has 2 fully saturated rings. The largest absolute Gasteiger partial charge is 0.345 e. The Kier molecular flexibility index (Phi) is 5.74. The van der Waals surface area contributed by atoms with Crippen molar-refractivity contribution in [3.8, 4) is 0 Å². The molecule has 0 bridgehead atoms. The fourth-order valence-corrected chi connectivity index (χ4v) is 3.98. The van der Waals surface area contributed by atoms with Gasteiger partial charge in [0.15, 0.2) is 0 Å². The van der Waals surface area contributed by atoms with Gasteiger partial charge in [0, 0.05) is 33.6 Å². The van der Waals surface area contributed by atoms with E-state index >= 15 is 0 Å². The summed E-state index contributed by atoms with van der Waals surface area (Å²) in [5, 5.41) is 0. The normalized spacial score (nSPS) is 22.9. The van der Waals surface area contributed by atoms with Gasteiger partial charge in [-0.25, -0.2) is 0 Å². The van der Waals surface area contributed by atoms with Crippen molar-refractivity contribution in [1.29, 1.82) is 0 Å². The van der Waals surface area contributed by atoms with Crippen LogP contribution in [0.2, 0.25) is 0 Å². The second-order valence-electron chi connectivity index (χ2n) is 7.41. The molecule has 25 heavy (non-hydrogen) atoms. The maximum Gasteiger partial charge on any atom is 0.228 e. The standard InChI is InChI=1S/C20H29N3O2/c1-21-14-17(13-19(21)24)20(25)22(2)18(16-9-5-3-6-10-16)15-23-11-7-4-8-12-23/h3,5-6,9-10,17-18H,4,7-8,11-15H2,1-2H3/t17?,18-/m0/s1. The average Bonchev–Trinajstić information content (AvgIpc) is 2.99. The predicted molar refractivity (Wildman–Crippen MR) is 98.0 cm³/mol. The van der Waals surface area contributed by atoms with Crippen molar-refractivity contribution < 1.29 is 9.59 Å². The van der Waals surface area contributed by atoms with Gasteiger partial charge in [-0.3, -0.25) is 9.59 Å². The van der Waals surface area contributed by atoms with Crippen molar-refractivity contribution in [2.24, 2.45) is 5.92 Å². The highest BCUT2D eigenvalue weighted by molar-refractivity contribution is 5.89. The Balaban J connectivity index is 1.75. The highest BCUT2D eigenvalue weighted by Gasteiger charge is 2.36. The number of nitrogens with zero attached hydrogens (tertiary/aromatic N) is 3. The molecule has 5 heteroatoms. The van der Waals surface area contributed by atoms with Gasteiger partial charge in [-0.2, -0.15) is 0 Å². The third kappa shape index (κ3) is 4.21. The van der Waals surface area contributed by atoms with Crippen LogP contribution in [0, 0.1) is 5.92 Å². The number of amides is 2. The van der Waals surface area contributed by atoms with Gasteiger partial charge in [-0.05, 0) is 31.5 Å². The fraction of sp³-hybridized carbons (Fsp3) is 0.600. The lowest BCUT2D eigenvalue weighted by Crippen LogP contribution is -2.43. The van der Waals surface area contributed by atoms with Crippen molar-refractivity contribution in [3.05, 3.63) is 35.9 Å². The predicted octanol–water partition coefficient (Wildman–Crippen LogP) is 2.15. The number of hydrogen-bond acceptors (Lipinski definition) is 3. The second kappa shape index (κ2) is 8.00. The van der Waals surface area contributed by atoms with Crippen LogP contribution in [0.15, 0.2) is 30.3 Å². The first-order valence-electron chi connectivity index (χ1n) is 9.34. The van der Waals surface area contributed by atoms with Crippen LogP contribution in [-0.2, 0) is 9.59 Å². The molecule has 2 saturated heterocycles. The molecule has 0 aromatic heterocycles. The molecular formula is C20H29N3O2. The Morgan fingerprint density at radius 1 is 1.20 bits per heavy atom. The summed E-state index contributed by atoms with van der Waals surface area (Å²) in [5.41, 5.74) is 1.17. The topological polar surface area (TPSA) is 43.9 Å². The van der Waals surface area contributed by atoms with Crippen molar-refractivity contribution >= 4 is 11.8 Å². The first kappa shape index (κ1) is 17.9. The summed E-state index contributed by atoms with van der Waals surface area (Å²) >= 11 is 0. The molecule has 2 amide bonds. The summed E-state index contributed by atoms with van der Waals surface area (Å²) in [6.07, 6.45) is 4.12. The minimum atomic E-state index is -0.213. The molecule has 2 aliphatic rings. The Hall–Kier alpha value is -1.88. The van der Waals surface area contributed by atoms with Crippen LogP contribution in [0.3, 0.4) is 0 Å². The summed E-state index contributed by atoms with van der Waals surface area (Å²) in [4.78, 5) is 30.8. The van der Waals surface area contributed by atoms with Crippen molar-refractivity contribution in [2.45, 2.75) is 31.7 Å². The van der Waals surface area contributed by atoms with Gasteiger partial charge < -0.3 is 14.7 Å². The van der Waals surface area contributed by atoms with Crippen LogP contribution < -0.4 is 0 Å². The van der Waals surface area contributed by atoms with Gasteiger partial charge in [0.25, 0.3) is 0 Å². The molecule has 1 aromatic rings. The monoisotopic (exact) mass is 343 g/mol. The molecule has 3 rings (SSSR count). The summed E-state index contributed by atoms with van der Waals surface area (Å²) in [6, 6.07) is 10.3. The number of piperidine rings is 1. The van der Waals surface area contributed by atoms with Crippen LogP contribution in [-0.4, -0.2) is 66.8 Å². The quantitative estimate of drug-likeness (QED) is 0.823. The van der Waals surface area contributed by atoms with Crippen LogP contribution in [0.1, 0.15) is 37.3 Å². The van der Waals surface area contributed by atoms with E-state index in [2.05, 4.69) is 17.0 Å². The first-order valence-corrected chi connectivity index (χ1v) is 9.34. The van der Waals surface area contributed by atoms with Crippen molar-refractivity contribution in [1.82, 2.24) is 14.7 Å². The Labute approximate surface area is 150 Å². The summed E-state index contributed by atoms with van der Waals surface area (Å²) < 4.78 is 0. The third-order valence-corrected chi connectivity index (χ3v) is 5.57. The number of benzene rings is 1. The summed E-state index contributed by atoms with van der Waals surface area (Å²) in [5.74, 6) is -0.0577. The molecule has 2 heterocycles. The summed E-state index contributed by atoms with van der Waals surface area (Å²) in [6.45, 7) is 3.61. The van der Waals surface area contributed by atoms with Gasteiger partial charge >= 0.3 is 0 Å². The number of hydrogen-bond donors (Lipinski definition) is 0. The SMILES string of the molecule is CN1CC(C(=O)N(C)[C@@H](CN2CCCCC2)c2ccccc2)CC1=O. The smallest absolute Gasteiger partial charge is 0.228 e. The van der Waals surface area contributed by atoms with E-state index in [0.29, 0.717) is 13.0 Å². The average molecular weight is 343 g/mol. The number of rotatable bonds is 5. The lowest BCUT2D eigenvalue weighted by molar-refractivity contribution is -0.137. The first-order chi connectivity index (χ1) is 12.1. The Morgan fingerprint density at radius 3 is 2.48 bits per heavy atom. The maximum atomic E-state index is 13.0. The second-order valence-corrected chi connectivity index (χ2v) is 7.41. The molecule has 2 atom stereocenters. The van der Waals surface area contributed by atoms with Crippen molar-refractivity contribution in [3.63, 3.8) is 0 Å². The van der Waals surface area contributed by atoms with Crippen LogP contribution in [0.4, 0.5) is 0 Å². The molecule has 0 spiro atoms. The third-order valence-electron chi connectivity index (χ3n) is 5.57. The lowest BCUT2D eigenvalue weighted by Gasteiger charge is -2.36. The molecular weight excluding hydrogens is 314 g/mol.